The molecule has 2 heterocycles. The molecule has 1 aliphatic heterocycles. The molecule has 2 rings (SSSR count). The van der Waals surface area contributed by atoms with Gasteiger partial charge in [-0.2, -0.15) is 0 Å². The second-order valence-corrected chi connectivity index (χ2v) is 3.89. The molecule has 0 radical (unpaired) electrons. The normalized spacial score (nSPS) is 19.4. The largest absolute Gasteiger partial charge is 1.00 e. The van der Waals surface area contributed by atoms with Gasteiger partial charge < -0.3 is 19.2 Å². The zero-order chi connectivity index (χ0) is 11.7. The Morgan fingerprint density at radius 3 is 2.71 bits per heavy atom. The summed E-state index contributed by atoms with van der Waals surface area (Å²) in [6, 6.07) is 0. The Kier molecular flexibility index (Phi) is 5.55. The fourth-order valence-electron chi connectivity index (χ4n) is 1.69. The minimum atomic E-state index is -1.32. The van der Waals surface area contributed by atoms with Crippen LogP contribution in [0.5, 0.6) is 0 Å². The molecule has 0 saturated carbocycles. The molecule has 17 heavy (non-hydrogen) atoms. The molecule has 0 aliphatic carbocycles. The molecule has 0 saturated heterocycles. The molecule has 0 N–H and O–H groups in total. The fraction of sp³-hybridized carbons (Fsp3) is 0.455. The Morgan fingerprint density at radius 1 is 1.53 bits per heavy atom. The van der Waals surface area contributed by atoms with E-state index in [2.05, 4.69) is 11.2 Å². The molecule has 0 unspecified atom stereocenters. The van der Waals surface area contributed by atoms with E-state index in [4.69, 9.17) is 9.26 Å². The second-order valence-electron chi connectivity index (χ2n) is 3.89. The van der Waals surface area contributed by atoms with Gasteiger partial charge >= 0.3 is 51.4 Å². The van der Waals surface area contributed by atoms with Crippen LogP contribution in [-0.4, -0.2) is 17.7 Å². The molecule has 1 aliphatic rings. The zero-order valence-electron chi connectivity index (χ0n) is 10.1. The summed E-state index contributed by atoms with van der Waals surface area (Å²) in [5.74, 6) is -0.849. The third-order valence-corrected chi connectivity index (χ3v) is 2.64. The number of carboxylic acids is 1. The van der Waals surface area contributed by atoms with Crippen LogP contribution in [0.25, 0.3) is 0 Å². The number of carbonyl (C=O) groups excluding carboxylic acids is 1. The molecular formula is C11H12KNO4. The molecule has 1 aromatic rings. The van der Waals surface area contributed by atoms with E-state index >= 15 is 0 Å². The summed E-state index contributed by atoms with van der Waals surface area (Å²) < 4.78 is 10.5. The first kappa shape index (κ1) is 15.1. The number of hydrogen-bond acceptors (Lipinski definition) is 5. The fourth-order valence-corrected chi connectivity index (χ4v) is 1.69. The van der Waals surface area contributed by atoms with Gasteiger partial charge in [0.25, 0.3) is 0 Å². The van der Waals surface area contributed by atoms with Gasteiger partial charge in [-0.15, -0.1) is 0 Å². The van der Waals surface area contributed by atoms with Crippen molar-refractivity contribution < 1.29 is 70.5 Å². The van der Waals surface area contributed by atoms with Crippen molar-refractivity contribution in [3.05, 3.63) is 28.7 Å². The van der Waals surface area contributed by atoms with Crippen molar-refractivity contribution >= 4 is 5.97 Å². The molecule has 0 spiro atoms. The minimum absolute atomic E-state index is 0. The van der Waals surface area contributed by atoms with Crippen LogP contribution in [0.2, 0.25) is 0 Å². The van der Waals surface area contributed by atoms with Crippen molar-refractivity contribution in [2.75, 3.05) is 6.61 Å². The summed E-state index contributed by atoms with van der Waals surface area (Å²) in [5, 5.41) is 14.2. The summed E-state index contributed by atoms with van der Waals surface area (Å²) in [6.45, 7) is 4.16. The minimum Gasteiger partial charge on any atom is -0.543 e. The average Bonchev–Trinajstić information content (AvgIpc) is 2.61. The Balaban J connectivity index is 0.00000144. The van der Waals surface area contributed by atoms with Gasteiger partial charge in [-0.05, 0) is 20.3 Å². The van der Waals surface area contributed by atoms with E-state index in [-0.39, 0.29) is 63.2 Å². The maximum absolute atomic E-state index is 10.7. The van der Waals surface area contributed by atoms with Crippen molar-refractivity contribution in [1.29, 1.82) is 0 Å². The van der Waals surface area contributed by atoms with Crippen LogP contribution in [-0.2, 0) is 4.74 Å². The molecular weight excluding hydrogens is 249 g/mol. The first-order valence-corrected chi connectivity index (χ1v) is 5.04. The number of hydrogen-bond donors (Lipinski definition) is 0. The molecule has 0 amide bonds. The van der Waals surface area contributed by atoms with Crippen LogP contribution in [0.3, 0.4) is 0 Å². The van der Waals surface area contributed by atoms with Crippen molar-refractivity contribution in [3.63, 3.8) is 0 Å². The second kappa shape index (κ2) is 6.26. The van der Waals surface area contributed by atoms with Crippen LogP contribution in [0.4, 0.5) is 0 Å². The first-order valence-electron chi connectivity index (χ1n) is 5.04. The van der Waals surface area contributed by atoms with Gasteiger partial charge in [0, 0.05) is 5.56 Å². The molecule has 0 bridgehead atoms. The van der Waals surface area contributed by atoms with E-state index in [1.807, 2.05) is 6.92 Å². The van der Waals surface area contributed by atoms with Crippen molar-refractivity contribution in [3.8, 4) is 0 Å². The number of ether oxygens (including phenoxy) is 1. The third kappa shape index (κ3) is 3.27. The number of aromatic nitrogens is 1. The monoisotopic (exact) mass is 261 g/mol. The summed E-state index contributed by atoms with van der Waals surface area (Å²) in [5.41, 5.74) is 1.50. The van der Waals surface area contributed by atoms with Gasteiger partial charge in [0.2, 0.25) is 0 Å². The van der Waals surface area contributed by atoms with Crippen LogP contribution in [0.1, 0.15) is 41.3 Å². The molecule has 86 valence electrons. The first-order chi connectivity index (χ1) is 7.59. The predicted molar refractivity (Wildman–Crippen MR) is 52.6 cm³/mol. The molecule has 6 heteroatoms. The van der Waals surface area contributed by atoms with Crippen LogP contribution >= 0.6 is 0 Å². The maximum atomic E-state index is 10.7. The summed E-state index contributed by atoms with van der Waals surface area (Å²) >= 11 is 0. The quantitative estimate of drug-likeness (QED) is 0.444. The number of carboxylic acid groups (broad SMARTS) is 1. The summed E-state index contributed by atoms with van der Waals surface area (Å²) in [6.07, 6.45) is 2.48. The van der Waals surface area contributed by atoms with E-state index in [0.29, 0.717) is 24.4 Å². The predicted octanol–water partition coefficient (Wildman–Crippen LogP) is -2.24. The standard InChI is InChI=1S/C11H13NO4.K/c1-6-3-4-8(15-5-6)10-7(2)9(11(13)14)12-16-10;/h3,8H,4-5H2,1-2H3,(H,13,14);/q;+1/p-1/t8-;/m0./s1. The van der Waals surface area contributed by atoms with E-state index in [0.717, 1.165) is 5.57 Å². The smallest absolute Gasteiger partial charge is 0.543 e. The number of aromatic carboxylic acids is 1. The van der Waals surface area contributed by atoms with Gasteiger partial charge in [-0.25, -0.2) is 0 Å². The van der Waals surface area contributed by atoms with E-state index in [9.17, 15) is 9.90 Å². The number of carbonyl (C=O) groups is 1. The zero-order valence-corrected chi connectivity index (χ0v) is 13.3. The van der Waals surface area contributed by atoms with E-state index in [1.165, 1.54) is 0 Å². The maximum Gasteiger partial charge on any atom is 1.00 e. The molecule has 1 atom stereocenters. The summed E-state index contributed by atoms with van der Waals surface area (Å²) in [7, 11) is 0. The number of nitrogens with zero attached hydrogens (tertiary/aromatic N) is 1. The average molecular weight is 261 g/mol. The molecule has 1 aromatic heterocycles. The molecule has 0 fully saturated rings. The van der Waals surface area contributed by atoms with Crippen LogP contribution in [0.15, 0.2) is 16.2 Å². The Morgan fingerprint density at radius 2 is 2.24 bits per heavy atom. The number of rotatable bonds is 2. The Hall–Kier alpha value is 0.0164. The van der Waals surface area contributed by atoms with E-state index in [1.54, 1.807) is 6.92 Å². The van der Waals surface area contributed by atoms with Crippen molar-refractivity contribution in [1.82, 2.24) is 5.16 Å². The Bertz CT molecular complexity index is 452. The third-order valence-electron chi connectivity index (χ3n) is 2.64. The SMILES string of the molecule is CC1=CC[C@@H](c2onc(C(=O)[O-])c2C)OC1.[K+]. The van der Waals surface area contributed by atoms with Crippen molar-refractivity contribution in [2.24, 2.45) is 0 Å². The summed E-state index contributed by atoms with van der Waals surface area (Å²) in [4.78, 5) is 10.7. The molecule has 5 nitrogen and oxygen atoms in total. The van der Waals surface area contributed by atoms with Gasteiger partial charge in [0.1, 0.15) is 11.8 Å². The van der Waals surface area contributed by atoms with Gasteiger partial charge in [-0.3, -0.25) is 0 Å². The molecule has 0 aromatic carbocycles. The van der Waals surface area contributed by atoms with Crippen LogP contribution < -0.4 is 56.5 Å². The topological polar surface area (TPSA) is 75.4 Å². The van der Waals surface area contributed by atoms with Crippen LogP contribution in [0, 0.1) is 6.92 Å². The van der Waals surface area contributed by atoms with Crippen molar-refractivity contribution in [2.45, 2.75) is 26.4 Å². The Labute approximate surface area is 142 Å². The van der Waals surface area contributed by atoms with Gasteiger partial charge in [0.15, 0.2) is 5.76 Å². The van der Waals surface area contributed by atoms with Gasteiger partial charge in [-0.1, -0.05) is 16.8 Å². The van der Waals surface area contributed by atoms with Gasteiger partial charge in [0.05, 0.1) is 12.6 Å². The van der Waals surface area contributed by atoms with E-state index < -0.39 is 5.97 Å².